The van der Waals surface area contributed by atoms with Gasteiger partial charge in [-0.25, -0.2) is 4.98 Å². The van der Waals surface area contributed by atoms with Gasteiger partial charge in [0.15, 0.2) is 0 Å². The van der Waals surface area contributed by atoms with Crippen molar-refractivity contribution in [1.82, 2.24) is 4.98 Å². The number of hydrogen-bond acceptors (Lipinski definition) is 2. The third-order valence-electron chi connectivity index (χ3n) is 2.10. The van der Waals surface area contributed by atoms with Gasteiger partial charge in [0, 0.05) is 10.9 Å². The molecule has 0 amide bonds. The normalized spacial score (nSPS) is 11.5. The van der Waals surface area contributed by atoms with Crippen LogP contribution in [-0.4, -0.2) is 4.98 Å². The topological polar surface area (TPSA) is 12.9 Å². The maximum atomic E-state index is 4.24. The Labute approximate surface area is 93.8 Å². The fraction of sp³-hybridized carbons (Fsp3) is 0.154. The van der Waals surface area contributed by atoms with E-state index in [9.17, 15) is 0 Å². The number of thiazole rings is 1. The summed E-state index contributed by atoms with van der Waals surface area (Å²) in [6.07, 6.45) is 0. The van der Waals surface area contributed by atoms with E-state index in [1.807, 2.05) is 41.2 Å². The van der Waals surface area contributed by atoms with Crippen molar-refractivity contribution in [1.29, 1.82) is 0 Å². The Morgan fingerprint density at radius 3 is 2.73 bits per heavy atom. The van der Waals surface area contributed by atoms with E-state index in [0.717, 1.165) is 11.3 Å². The van der Waals surface area contributed by atoms with Crippen LogP contribution in [0.2, 0.25) is 0 Å². The monoisotopic (exact) mass is 213 g/mol. The molecule has 0 fully saturated rings. The Morgan fingerprint density at radius 2 is 2.07 bits per heavy atom. The molecular formula is C13H11NS. The molecule has 0 aliphatic heterocycles. The number of benzene rings is 1. The van der Waals surface area contributed by atoms with Crippen molar-refractivity contribution in [3.8, 4) is 11.8 Å². The zero-order chi connectivity index (χ0) is 10.5. The molecule has 2 aromatic rings. The first-order valence-corrected chi connectivity index (χ1v) is 5.75. The largest absolute Gasteiger partial charge is 0.248 e. The molecule has 0 radical (unpaired) electrons. The summed E-state index contributed by atoms with van der Waals surface area (Å²) >= 11 is 1.61. The molecule has 15 heavy (non-hydrogen) atoms. The number of aromatic nitrogens is 1. The van der Waals surface area contributed by atoms with Gasteiger partial charge < -0.3 is 0 Å². The van der Waals surface area contributed by atoms with Gasteiger partial charge in [-0.1, -0.05) is 30.0 Å². The van der Waals surface area contributed by atoms with Gasteiger partial charge in [-0.2, -0.15) is 0 Å². The Bertz CT molecular complexity index is 462. The Balaban J connectivity index is 2.13. The highest BCUT2D eigenvalue weighted by atomic mass is 32.1. The molecule has 0 spiro atoms. The smallest absolute Gasteiger partial charge is 0.0795 e. The van der Waals surface area contributed by atoms with Crippen molar-refractivity contribution < 1.29 is 0 Å². The van der Waals surface area contributed by atoms with Gasteiger partial charge >= 0.3 is 0 Å². The van der Waals surface area contributed by atoms with Crippen molar-refractivity contribution in [2.24, 2.45) is 0 Å². The van der Waals surface area contributed by atoms with Crippen LogP contribution in [0.1, 0.15) is 24.1 Å². The van der Waals surface area contributed by atoms with Gasteiger partial charge in [0.2, 0.25) is 0 Å². The third kappa shape index (κ3) is 2.68. The van der Waals surface area contributed by atoms with Gasteiger partial charge in [-0.15, -0.1) is 11.3 Å². The fourth-order valence-electron chi connectivity index (χ4n) is 1.22. The molecular weight excluding hydrogens is 202 g/mol. The minimum atomic E-state index is 0.205. The lowest BCUT2D eigenvalue weighted by molar-refractivity contribution is 0.953. The Kier molecular flexibility index (Phi) is 3.16. The molecule has 2 heteroatoms. The molecule has 0 N–H and O–H groups in total. The standard InChI is InChI=1S/C13H11NS/c1-11(13-9-15-10-14-13)7-8-12-5-3-2-4-6-12/h2-6,9-11H,1H3/t11-/m0/s1. The van der Waals surface area contributed by atoms with E-state index in [1.165, 1.54) is 0 Å². The lowest BCUT2D eigenvalue weighted by Gasteiger charge is -1.96. The van der Waals surface area contributed by atoms with Crippen LogP contribution in [0.5, 0.6) is 0 Å². The number of rotatable bonds is 1. The molecule has 1 aromatic carbocycles. The Hall–Kier alpha value is -1.59. The molecule has 0 unspecified atom stereocenters. The predicted octanol–water partition coefficient (Wildman–Crippen LogP) is 3.30. The first-order chi connectivity index (χ1) is 7.36. The minimum Gasteiger partial charge on any atom is -0.248 e. The van der Waals surface area contributed by atoms with Crippen LogP contribution < -0.4 is 0 Å². The second kappa shape index (κ2) is 4.77. The SMILES string of the molecule is C[C@@H](C#Cc1ccccc1)c1cscn1. The average molecular weight is 213 g/mol. The van der Waals surface area contributed by atoms with E-state index in [4.69, 9.17) is 0 Å². The summed E-state index contributed by atoms with van der Waals surface area (Å²) < 4.78 is 0. The maximum Gasteiger partial charge on any atom is 0.0795 e. The van der Waals surface area contributed by atoms with E-state index in [0.29, 0.717) is 0 Å². The highest BCUT2D eigenvalue weighted by Gasteiger charge is 2.02. The first-order valence-electron chi connectivity index (χ1n) is 4.81. The highest BCUT2D eigenvalue weighted by Crippen LogP contribution is 2.13. The molecule has 0 saturated carbocycles. The molecule has 1 aromatic heterocycles. The Morgan fingerprint density at radius 1 is 1.27 bits per heavy atom. The van der Waals surface area contributed by atoms with Crippen LogP contribution in [0.15, 0.2) is 41.2 Å². The molecule has 0 aliphatic carbocycles. The van der Waals surface area contributed by atoms with Crippen molar-refractivity contribution in [3.63, 3.8) is 0 Å². The van der Waals surface area contributed by atoms with E-state index in [-0.39, 0.29) is 5.92 Å². The zero-order valence-corrected chi connectivity index (χ0v) is 9.29. The van der Waals surface area contributed by atoms with Gasteiger partial charge in [0.1, 0.15) is 0 Å². The summed E-state index contributed by atoms with van der Waals surface area (Å²) in [4.78, 5) is 4.24. The van der Waals surface area contributed by atoms with Crippen molar-refractivity contribution in [2.45, 2.75) is 12.8 Å². The van der Waals surface area contributed by atoms with Gasteiger partial charge in [-0.3, -0.25) is 0 Å². The van der Waals surface area contributed by atoms with Crippen LogP contribution in [0.4, 0.5) is 0 Å². The highest BCUT2D eigenvalue weighted by molar-refractivity contribution is 7.07. The van der Waals surface area contributed by atoms with E-state index < -0.39 is 0 Å². The summed E-state index contributed by atoms with van der Waals surface area (Å²) in [7, 11) is 0. The van der Waals surface area contributed by atoms with E-state index in [2.05, 4.69) is 23.7 Å². The van der Waals surface area contributed by atoms with Crippen LogP contribution >= 0.6 is 11.3 Å². The molecule has 74 valence electrons. The van der Waals surface area contributed by atoms with Crippen LogP contribution in [-0.2, 0) is 0 Å². The van der Waals surface area contributed by atoms with Crippen molar-refractivity contribution in [3.05, 3.63) is 52.5 Å². The van der Waals surface area contributed by atoms with Gasteiger partial charge in [0.05, 0.1) is 17.1 Å². The molecule has 0 bridgehead atoms. The van der Waals surface area contributed by atoms with Gasteiger partial charge in [-0.05, 0) is 19.1 Å². The zero-order valence-electron chi connectivity index (χ0n) is 8.47. The first kappa shape index (κ1) is 9.95. The number of nitrogens with zero attached hydrogens (tertiary/aromatic N) is 1. The molecule has 0 aliphatic rings. The maximum absolute atomic E-state index is 4.24. The van der Waals surface area contributed by atoms with Crippen molar-refractivity contribution in [2.75, 3.05) is 0 Å². The lowest BCUT2D eigenvalue weighted by Crippen LogP contribution is -1.88. The fourth-order valence-corrected chi connectivity index (χ4v) is 1.87. The van der Waals surface area contributed by atoms with E-state index in [1.54, 1.807) is 11.3 Å². The summed E-state index contributed by atoms with van der Waals surface area (Å²) in [5.74, 6) is 6.55. The summed E-state index contributed by atoms with van der Waals surface area (Å²) in [5.41, 5.74) is 3.96. The van der Waals surface area contributed by atoms with E-state index >= 15 is 0 Å². The number of hydrogen-bond donors (Lipinski definition) is 0. The lowest BCUT2D eigenvalue weighted by atomic mass is 10.1. The molecule has 1 nitrogen and oxygen atoms in total. The second-order valence-corrected chi connectivity index (χ2v) is 3.99. The predicted molar refractivity (Wildman–Crippen MR) is 63.8 cm³/mol. The minimum absolute atomic E-state index is 0.205. The van der Waals surface area contributed by atoms with Crippen LogP contribution in [0, 0.1) is 11.8 Å². The molecule has 2 rings (SSSR count). The summed E-state index contributed by atoms with van der Waals surface area (Å²) in [6.45, 7) is 2.07. The average Bonchev–Trinajstić information content (AvgIpc) is 2.81. The molecule has 0 saturated heterocycles. The quantitative estimate of drug-likeness (QED) is 0.662. The van der Waals surface area contributed by atoms with Crippen LogP contribution in [0.3, 0.4) is 0 Å². The third-order valence-corrected chi connectivity index (χ3v) is 2.71. The molecule has 1 atom stereocenters. The molecule has 1 heterocycles. The van der Waals surface area contributed by atoms with Crippen LogP contribution in [0.25, 0.3) is 0 Å². The second-order valence-electron chi connectivity index (χ2n) is 3.27. The van der Waals surface area contributed by atoms with Crippen molar-refractivity contribution >= 4 is 11.3 Å². The summed E-state index contributed by atoms with van der Waals surface area (Å²) in [5, 5.41) is 2.05. The summed E-state index contributed by atoms with van der Waals surface area (Å²) in [6, 6.07) is 10.0. The van der Waals surface area contributed by atoms with Gasteiger partial charge in [0.25, 0.3) is 0 Å².